The molecule has 0 amide bonds. The standard InChI is InChI=1S/C23H32N4O.HI/c1-16-9-17(2)11-22(10-16)26-23(24)25-12-20-7-5-6-8-21(20)15-27-13-18(3)28-19(4)14-27;/h5-11,18-19H,12-15H2,1-4H3,(H3,24,25,26);1H. The fraction of sp³-hybridized carbons (Fsp3) is 0.435. The molecule has 3 N–H and O–H groups in total. The number of aryl methyl sites for hydroxylation is 2. The van der Waals surface area contributed by atoms with Gasteiger partial charge in [-0.05, 0) is 62.1 Å². The predicted octanol–water partition coefficient (Wildman–Crippen LogP) is 4.46. The highest BCUT2D eigenvalue weighted by molar-refractivity contribution is 14.0. The molecule has 5 nitrogen and oxygen atoms in total. The van der Waals surface area contributed by atoms with Gasteiger partial charge in [-0.15, -0.1) is 24.0 Å². The zero-order valence-electron chi connectivity index (χ0n) is 17.8. The highest BCUT2D eigenvalue weighted by Crippen LogP contribution is 2.18. The van der Waals surface area contributed by atoms with Gasteiger partial charge in [0.2, 0.25) is 0 Å². The maximum Gasteiger partial charge on any atom is 0.193 e. The molecule has 1 saturated heterocycles. The van der Waals surface area contributed by atoms with Gasteiger partial charge in [-0.25, -0.2) is 4.99 Å². The highest BCUT2D eigenvalue weighted by Gasteiger charge is 2.22. The number of anilines is 1. The van der Waals surface area contributed by atoms with Gasteiger partial charge in [-0.1, -0.05) is 30.3 Å². The van der Waals surface area contributed by atoms with Crippen molar-refractivity contribution in [1.29, 1.82) is 0 Å². The molecule has 0 spiro atoms. The third-order valence-corrected chi connectivity index (χ3v) is 4.92. The Labute approximate surface area is 191 Å². The number of nitrogens with two attached hydrogens (primary N) is 1. The number of aliphatic imine (C=N–C) groups is 1. The maximum absolute atomic E-state index is 6.14. The summed E-state index contributed by atoms with van der Waals surface area (Å²) in [6, 6.07) is 14.8. The van der Waals surface area contributed by atoms with Crippen molar-refractivity contribution < 1.29 is 4.74 Å². The second kappa shape index (κ2) is 10.9. The quantitative estimate of drug-likeness (QED) is 0.356. The van der Waals surface area contributed by atoms with E-state index in [1.807, 2.05) is 0 Å². The summed E-state index contributed by atoms with van der Waals surface area (Å²) in [5.74, 6) is 0.438. The summed E-state index contributed by atoms with van der Waals surface area (Å²) in [7, 11) is 0. The summed E-state index contributed by atoms with van der Waals surface area (Å²) < 4.78 is 5.85. The molecule has 2 atom stereocenters. The van der Waals surface area contributed by atoms with Gasteiger partial charge in [0.05, 0.1) is 18.8 Å². The van der Waals surface area contributed by atoms with Crippen LogP contribution in [-0.4, -0.2) is 36.2 Å². The Bertz CT molecular complexity index is 809. The third kappa shape index (κ3) is 7.28. The Morgan fingerprint density at radius 2 is 1.66 bits per heavy atom. The minimum absolute atomic E-state index is 0. The van der Waals surface area contributed by atoms with Crippen molar-refractivity contribution in [3.8, 4) is 0 Å². The molecule has 2 aromatic carbocycles. The first-order valence-electron chi connectivity index (χ1n) is 9.99. The normalized spacial score (nSPS) is 20.2. The molecule has 0 radical (unpaired) electrons. The highest BCUT2D eigenvalue weighted by atomic mass is 127. The second-order valence-corrected chi connectivity index (χ2v) is 7.92. The molecule has 3 rings (SSSR count). The monoisotopic (exact) mass is 508 g/mol. The summed E-state index contributed by atoms with van der Waals surface area (Å²) >= 11 is 0. The maximum atomic E-state index is 6.14. The molecule has 1 aliphatic rings. The molecular formula is C23H33IN4O. The van der Waals surface area contributed by atoms with E-state index in [0.29, 0.717) is 12.5 Å². The molecular weight excluding hydrogens is 475 g/mol. The van der Waals surface area contributed by atoms with Gasteiger partial charge in [0.1, 0.15) is 0 Å². The van der Waals surface area contributed by atoms with E-state index in [1.165, 1.54) is 22.3 Å². The lowest BCUT2D eigenvalue weighted by molar-refractivity contribution is -0.0705. The van der Waals surface area contributed by atoms with E-state index in [-0.39, 0.29) is 36.2 Å². The Kier molecular flexibility index (Phi) is 8.92. The predicted molar refractivity (Wildman–Crippen MR) is 132 cm³/mol. The number of guanidine groups is 1. The van der Waals surface area contributed by atoms with E-state index in [9.17, 15) is 0 Å². The van der Waals surface area contributed by atoms with E-state index in [1.54, 1.807) is 0 Å². The number of benzene rings is 2. The van der Waals surface area contributed by atoms with Gasteiger partial charge in [0.15, 0.2) is 5.96 Å². The van der Waals surface area contributed by atoms with Crippen molar-refractivity contribution in [3.63, 3.8) is 0 Å². The molecule has 1 heterocycles. The van der Waals surface area contributed by atoms with Crippen molar-refractivity contribution in [1.82, 2.24) is 4.90 Å². The van der Waals surface area contributed by atoms with Gasteiger partial charge in [-0.3, -0.25) is 4.90 Å². The van der Waals surface area contributed by atoms with Crippen LogP contribution >= 0.6 is 24.0 Å². The number of hydrogen-bond acceptors (Lipinski definition) is 3. The summed E-state index contributed by atoms with van der Waals surface area (Å²) in [5, 5.41) is 3.21. The number of hydrogen-bond donors (Lipinski definition) is 2. The first kappa shape index (κ1) is 23.6. The molecule has 0 aromatic heterocycles. The zero-order valence-corrected chi connectivity index (χ0v) is 20.1. The number of morpholine rings is 1. The van der Waals surface area contributed by atoms with Crippen LogP contribution in [0.3, 0.4) is 0 Å². The lowest BCUT2D eigenvalue weighted by Gasteiger charge is -2.35. The lowest BCUT2D eigenvalue weighted by atomic mass is 10.1. The Morgan fingerprint density at radius 1 is 1.07 bits per heavy atom. The van der Waals surface area contributed by atoms with Gasteiger partial charge in [-0.2, -0.15) is 0 Å². The number of ether oxygens (including phenoxy) is 1. The van der Waals surface area contributed by atoms with E-state index in [4.69, 9.17) is 10.5 Å². The van der Waals surface area contributed by atoms with E-state index >= 15 is 0 Å². The third-order valence-electron chi connectivity index (χ3n) is 4.92. The summed E-state index contributed by atoms with van der Waals surface area (Å²) in [5.41, 5.74) is 12.0. The van der Waals surface area contributed by atoms with Crippen molar-refractivity contribution in [2.45, 2.75) is 53.0 Å². The van der Waals surface area contributed by atoms with Crippen LogP contribution < -0.4 is 11.1 Å². The van der Waals surface area contributed by atoms with Crippen LogP contribution in [0, 0.1) is 13.8 Å². The molecule has 1 aliphatic heterocycles. The van der Waals surface area contributed by atoms with E-state index < -0.39 is 0 Å². The molecule has 6 heteroatoms. The number of halogens is 1. The molecule has 0 saturated carbocycles. The minimum atomic E-state index is 0. The van der Waals surface area contributed by atoms with Crippen molar-refractivity contribution in [2.75, 3.05) is 18.4 Å². The number of nitrogens with zero attached hydrogens (tertiary/aromatic N) is 2. The largest absolute Gasteiger partial charge is 0.373 e. The fourth-order valence-corrected chi connectivity index (χ4v) is 3.92. The summed E-state index contributed by atoms with van der Waals surface area (Å²) in [4.78, 5) is 7.03. The van der Waals surface area contributed by atoms with Crippen LogP contribution in [0.1, 0.15) is 36.1 Å². The average molecular weight is 508 g/mol. The molecule has 2 aromatic rings. The van der Waals surface area contributed by atoms with Crippen LogP contribution in [0.2, 0.25) is 0 Å². The van der Waals surface area contributed by atoms with Gasteiger partial charge >= 0.3 is 0 Å². The average Bonchev–Trinajstić information content (AvgIpc) is 2.59. The Hall–Kier alpha value is -1.64. The number of nitrogens with one attached hydrogen (secondary N) is 1. The smallest absolute Gasteiger partial charge is 0.193 e. The van der Waals surface area contributed by atoms with Crippen molar-refractivity contribution >= 4 is 35.6 Å². The van der Waals surface area contributed by atoms with Crippen molar-refractivity contribution in [2.24, 2.45) is 10.7 Å². The van der Waals surface area contributed by atoms with Crippen LogP contribution in [0.25, 0.3) is 0 Å². The lowest BCUT2D eigenvalue weighted by Crippen LogP contribution is -2.44. The zero-order chi connectivity index (χ0) is 20.1. The number of rotatable bonds is 5. The van der Waals surface area contributed by atoms with Crippen LogP contribution in [-0.2, 0) is 17.8 Å². The van der Waals surface area contributed by atoms with Gasteiger partial charge in [0, 0.05) is 25.3 Å². The second-order valence-electron chi connectivity index (χ2n) is 7.92. The Balaban J connectivity index is 0.00000300. The van der Waals surface area contributed by atoms with E-state index in [2.05, 4.69) is 85.4 Å². The van der Waals surface area contributed by atoms with Crippen LogP contribution in [0.5, 0.6) is 0 Å². The fourth-order valence-electron chi connectivity index (χ4n) is 3.92. The van der Waals surface area contributed by atoms with E-state index in [0.717, 1.165) is 25.3 Å². The first-order valence-corrected chi connectivity index (χ1v) is 9.99. The Morgan fingerprint density at radius 3 is 2.28 bits per heavy atom. The topological polar surface area (TPSA) is 62.9 Å². The minimum Gasteiger partial charge on any atom is -0.373 e. The van der Waals surface area contributed by atoms with Gasteiger partial charge in [0.25, 0.3) is 0 Å². The van der Waals surface area contributed by atoms with Crippen molar-refractivity contribution in [3.05, 3.63) is 64.7 Å². The molecule has 29 heavy (non-hydrogen) atoms. The van der Waals surface area contributed by atoms with Crippen LogP contribution in [0.4, 0.5) is 5.69 Å². The first-order chi connectivity index (χ1) is 13.4. The molecule has 0 aliphatic carbocycles. The van der Waals surface area contributed by atoms with Gasteiger partial charge < -0.3 is 15.8 Å². The van der Waals surface area contributed by atoms with Crippen LogP contribution in [0.15, 0.2) is 47.5 Å². The molecule has 2 unspecified atom stereocenters. The molecule has 0 bridgehead atoms. The molecule has 1 fully saturated rings. The SMILES string of the molecule is Cc1cc(C)cc(NC(N)=NCc2ccccc2CN2CC(C)OC(C)C2)c1.I. The summed E-state index contributed by atoms with van der Waals surface area (Å²) in [6.45, 7) is 11.8. The molecule has 158 valence electrons. The summed E-state index contributed by atoms with van der Waals surface area (Å²) in [6.07, 6.45) is 0.540.